The zero-order valence-electron chi connectivity index (χ0n) is 16.2. The molecule has 0 atom stereocenters. The summed E-state index contributed by atoms with van der Waals surface area (Å²) in [5.41, 5.74) is 2.56. The van der Waals surface area contributed by atoms with E-state index in [4.69, 9.17) is 4.74 Å². The Morgan fingerprint density at radius 3 is 2.36 bits per heavy atom. The Kier molecular flexibility index (Phi) is 7.03. The van der Waals surface area contributed by atoms with E-state index in [1.807, 2.05) is 54.6 Å². The summed E-state index contributed by atoms with van der Waals surface area (Å²) >= 11 is 0. The molecule has 0 unspecified atom stereocenters. The van der Waals surface area contributed by atoms with E-state index in [2.05, 4.69) is 15.5 Å². The van der Waals surface area contributed by atoms with E-state index >= 15 is 0 Å². The number of benzene rings is 2. The number of likely N-dealkylation sites (tertiary alicyclic amines) is 1. The summed E-state index contributed by atoms with van der Waals surface area (Å²) in [6.45, 7) is 3.58. The molecular weight excluding hydrogens is 354 g/mol. The van der Waals surface area contributed by atoms with E-state index in [0.717, 1.165) is 38.2 Å². The lowest BCUT2D eigenvalue weighted by molar-refractivity contribution is 0.0600. The van der Waals surface area contributed by atoms with Crippen LogP contribution in [-0.2, 0) is 11.3 Å². The highest BCUT2D eigenvalue weighted by Gasteiger charge is 2.20. The Morgan fingerprint density at radius 2 is 1.71 bits per heavy atom. The van der Waals surface area contributed by atoms with Crippen LogP contribution in [-0.4, -0.2) is 43.6 Å². The van der Waals surface area contributed by atoms with Gasteiger partial charge in [0, 0.05) is 18.8 Å². The number of para-hydroxylation sites is 1. The molecule has 3 rings (SSSR count). The van der Waals surface area contributed by atoms with Gasteiger partial charge in [-0.05, 0) is 61.7 Å². The molecule has 6 nitrogen and oxygen atoms in total. The van der Waals surface area contributed by atoms with Gasteiger partial charge in [-0.1, -0.05) is 30.3 Å². The molecule has 1 fully saturated rings. The van der Waals surface area contributed by atoms with Crippen LogP contribution in [0.3, 0.4) is 0 Å². The average Bonchev–Trinajstić information content (AvgIpc) is 2.74. The molecular formula is C22H27N3O3. The van der Waals surface area contributed by atoms with Crippen molar-refractivity contribution in [1.82, 2.24) is 10.2 Å². The molecule has 0 aliphatic carbocycles. The number of esters is 1. The van der Waals surface area contributed by atoms with Crippen molar-refractivity contribution in [2.45, 2.75) is 19.4 Å². The first-order chi connectivity index (χ1) is 13.6. The summed E-state index contributed by atoms with van der Waals surface area (Å²) in [5.74, 6) is 0.190. The van der Waals surface area contributed by atoms with Crippen LogP contribution in [0.25, 0.3) is 0 Å². The molecule has 28 heavy (non-hydrogen) atoms. The third-order valence-electron chi connectivity index (χ3n) is 5.07. The molecule has 2 N–H and O–H groups in total. The maximum Gasteiger partial charge on any atom is 0.337 e. The molecule has 0 saturated carbocycles. The number of anilines is 1. The quantitative estimate of drug-likeness (QED) is 0.752. The van der Waals surface area contributed by atoms with Crippen molar-refractivity contribution in [3.63, 3.8) is 0 Å². The van der Waals surface area contributed by atoms with Crippen LogP contribution < -0.4 is 10.6 Å². The fraction of sp³-hybridized carbons (Fsp3) is 0.364. The van der Waals surface area contributed by atoms with E-state index in [1.165, 1.54) is 12.7 Å². The molecule has 6 heteroatoms. The van der Waals surface area contributed by atoms with Crippen LogP contribution in [0, 0.1) is 5.92 Å². The molecule has 0 bridgehead atoms. The van der Waals surface area contributed by atoms with Crippen molar-refractivity contribution < 1.29 is 14.3 Å². The van der Waals surface area contributed by atoms with Crippen LogP contribution in [0.2, 0.25) is 0 Å². The summed E-state index contributed by atoms with van der Waals surface area (Å²) in [6, 6.07) is 16.9. The Labute approximate surface area is 165 Å². The van der Waals surface area contributed by atoms with Crippen LogP contribution in [0.5, 0.6) is 0 Å². The Bertz CT molecular complexity index is 769. The molecule has 0 radical (unpaired) electrons. The first kappa shape index (κ1) is 19.9. The summed E-state index contributed by atoms with van der Waals surface area (Å²) < 4.78 is 4.73. The summed E-state index contributed by atoms with van der Waals surface area (Å²) in [4.78, 5) is 25.9. The highest BCUT2D eigenvalue weighted by atomic mass is 16.5. The first-order valence-electron chi connectivity index (χ1n) is 9.63. The zero-order chi connectivity index (χ0) is 19.8. The molecule has 148 valence electrons. The minimum absolute atomic E-state index is 0.153. The lowest BCUT2D eigenvalue weighted by atomic mass is 9.96. The number of carbonyl (C=O) groups excluding carboxylic acids is 2. The van der Waals surface area contributed by atoms with Crippen LogP contribution >= 0.6 is 0 Å². The molecule has 2 aromatic rings. The summed E-state index contributed by atoms with van der Waals surface area (Å²) in [5, 5.41) is 5.82. The Morgan fingerprint density at radius 1 is 1.04 bits per heavy atom. The number of amides is 2. The van der Waals surface area contributed by atoms with E-state index in [0.29, 0.717) is 18.0 Å². The van der Waals surface area contributed by atoms with Gasteiger partial charge in [0.05, 0.1) is 12.7 Å². The predicted molar refractivity (Wildman–Crippen MR) is 109 cm³/mol. The number of hydrogen-bond acceptors (Lipinski definition) is 4. The average molecular weight is 381 g/mol. The monoisotopic (exact) mass is 381 g/mol. The maximum atomic E-state index is 12.0. The van der Waals surface area contributed by atoms with E-state index in [-0.39, 0.29) is 12.0 Å². The number of piperidine rings is 1. The van der Waals surface area contributed by atoms with Crippen LogP contribution in [0.15, 0.2) is 54.6 Å². The first-order valence-corrected chi connectivity index (χ1v) is 9.63. The van der Waals surface area contributed by atoms with Crippen molar-refractivity contribution in [3.05, 3.63) is 65.7 Å². The van der Waals surface area contributed by atoms with Crippen molar-refractivity contribution in [3.8, 4) is 0 Å². The number of methoxy groups -OCH3 is 1. The van der Waals surface area contributed by atoms with Crippen LogP contribution in [0.1, 0.15) is 28.8 Å². The highest BCUT2D eigenvalue weighted by Crippen LogP contribution is 2.19. The molecule has 2 aromatic carbocycles. The fourth-order valence-electron chi connectivity index (χ4n) is 3.40. The number of hydrogen-bond donors (Lipinski definition) is 2. The van der Waals surface area contributed by atoms with Crippen molar-refractivity contribution in [2.75, 3.05) is 32.1 Å². The zero-order valence-corrected chi connectivity index (χ0v) is 16.2. The standard InChI is InChI=1S/C22H27N3O3/c1-28-21(26)19-9-7-18(8-10-19)16-25-13-11-17(12-14-25)15-23-22(27)24-20-5-3-2-4-6-20/h2-10,17H,11-16H2,1H3,(H2,23,24,27). The van der Waals surface area contributed by atoms with Gasteiger partial charge in [0.15, 0.2) is 0 Å². The summed E-state index contributed by atoms with van der Waals surface area (Å²) in [6.07, 6.45) is 2.12. The second kappa shape index (κ2) is 9.90. The van der Waals surface area contributed by atoms with Crippen molar-refractivity contribution in [1.29, 1.82) is 0 Å². The second-order valence-corrected chi connectivity index (χ2v) is 7.11. The number of nitrogens with one attached hydrogen (secondary N) is 2. The van der Waals surface area contributed by atoms with Gasteiger partial charge in [-0.15, -0.1) is 0 Å². The molecule has 1 saturated heterocycles. The second-order valence-electron chi connectivity index (χ2n) is 7.11. The lowest BCUT2D eigenvalue weighted by Gasteiger charge is -2.32. The van der Waals surface area contributed by atoms with Gasteiger partial charge >= 0.3 is 12.0 Å². The summed E-state index contributed by atoms with van der Waals surface area (Å²) in [7, 11) is 1.39. The number of carbonyl (C=O) groups is 2. The minimum atomic E-state index is -0.309. The van der Waals surface area contributed by atoms with Gasteiger partial charge in [0.1, 0.15) is 0 Å². The lowest BCUT2D eigenvalue weighted by Crippen LogP contribution is -2.39. The topological polar surface area (TPSA) is 70.7 Å². The number of ether oxygens (including phenoxy) is 1. The Hall–Kier alpha value is -2.86. The molecule has 0 spiro atoms. The molecule has 1 aliphatic rings. The van der Waals surface area contributed by atoms with Crippen LogP contribution in [0.4, 0.5) is 10.5 Å². The smallest absolute Gasteiger partial charge is 0.337 e. The van der Waals surface area contributed by atoms with E-state index in [1.54, 1.807) is 0 Å². The van der Waals surface area contributed by atoms with Crippen molar-refractivity contribution >= 4 is 17.7 Å². The number of rotatable bonds is 6. The molecule has 2 amide bonds. The number of nitrogens with zero attached hydrogens (tertiary/aromatic N) is 1. The van der Waals surface area contributed by atoms with Gasteiger partial charge in [-0.2, -0.15) is 0 Å². The molecule has 1 heterocycles. The molecule has 1 aliphatic heterocycles. The number of urea groups is 1. The predicted octanol–water partition coefficient (Wildman–Crippen LogP) is 3.51. The van der Waals surface area contributed by atoms with E-state index < -0.39 is 0 Å². The van der Waals surface area contributed by atoms with Crippen molar-refractivity contribution in [2.24, 2.45) is 5.92 Å². The SMILES string of the molecule is COC(=O)c1ccc(CN2CCC(CNC(=O)Nc3ccccc3)CC2)cc1. The van der Waals surface area contributed by atoms with Gasteiger partial charge in [-0.3, -0.25) is 4.90 Å². The largest absolute Gasteiger partial charge is 0.465 e. The Balaban J connectivity index is 1.37. The fourth-order valence-corrected chi connectivity index (χ4v) is 3.40. The maximum absolute atomic E-state index is 12.0. The normalized spacial score (nSPS) is 15.0. The van der Waals surface area contributed by atoms with Gasteiger partial charge in [0.25, 0.3) is 0 Å². The minimum Gasteiger partial charge on any atom is -0.465 e. The third-order valence-corrected chi connectivity index (χ3v) is 5.07. The van der Waals surface area contributed by atoms with Gasteiger partial charge < -0.3 is 15.4 Å². The molecule has 0 aromatic heterocycles. The van der Waals surface area contributed by atoms with E-state index in [9.17, 15) is 9.59 Å². The highest BCUT2D eigenvalue weighted by molar-refractivity contribution is 5.89. The third kappa shape index (κ3) is 5.82. The van der Waals surface area contributed by atoms with Gasteiger partial charge in [-0.25, -0.2) is 9.59 Å². The van der Waals surface area contributed by atoms with Gasteiger partial charge in [0.2, 0.25) is 0 Å².